The second-order valence-corrected chi connectivity index (χ2v) is 9.03. The van der Waals surface area contributed by atoms with Gasteiger partial charge < -0.3 is 21.5 Å². The highest BCUT2D eigenvalue weighted by molar-refractivity contribution is 6.01. The molecule has 1 aromatic carbocycles. The third-order valence-electron chi connectivity index (χ3n) is 6.26. The fourth-order valence-corrected chi connectivity index (χ4v) is 4.42. The van der Waals surface area contributed by atoms with Crippen LogP contribution in [0, 0.1) is 12.8 Å². The molecule has 31 heavy (non-hydrogen) atoms. The number of fused-ring (bicyclic) bond motifs is 1. The van der Waals surface area contributed by atoms with Crippen molar-refractivity contribution in [2.45, 2.75) is 77.9 Å². The van der Waals surface area contributed by atoms with E-state index >= 15 is 0 Å². The van der Waals surface area contributed by atoms with Gasteiger partial charge in [0.2, 0.25) is 0 Å². The summed E-state index contributed by atoms with van der Waals surface area (Å²) in [5.41, 5.74) is 8.62. The van der Waals surface area contributed by atoms with Gasteiger partial charge in [0.05, 0.1) is 5.52 Å². The Labute approximate surface area is 186 Å². The first-order chi connectivity index (χ1) is 15.0. The molecule has 6 nitrogen and oxygen atoms in total. The summed E-state index contributed by atoms with van der Waals surface area (Å²) in [5.74, 6) is 1.73. The van der Waals surface area contributed by atoms with Gasteiger partial charge in [0.15, 0.2) is 0 Å². The van der Waals surface area contributed by atoms with Crippen LogP contribution in [0.25, 0.3) is 10.9 Å². The van der Waals surface area contributed by atoms with Gasteiger partial charge in [0.25, 0.3) is 0 Å². The summed E-state index contributed by atoms with van der Waals surface area (Å²) in [7, 11) is 0. The maximum absolute atomic E-state index is 8.43. The lowest BCUT2D eigenvalue weighted by atomic mass is 9.89. The summed E-state index contributed by atoms with van der Waals surface area (Å²) >= 11 is 0. The number of pyridine rings is 1. The number of hydrogen-bond donors (Lipinski definition) is 3. The van der Waals surface area contributed by atoms with Gasteiger partial charge in [-0.25, -0.2) is 4.98 Å². The molecule has 0 amide bonds. The molecule has 0 saturated heterocycles. The van der Waals surface area contributed by atoms with E-state index in [1.165, 1.54) is 37.7 Å². The summed E-state index contributed by atoms with van der Waals surface area (Å²) in [6, 6.07) is 8.70. The molecule has 1 aliphatic carbocycles. The number of nitrogens with two attached hydrogens (primary N) is 1. The highest BCUT2D eigenvalue weighted by Gasteiger charge is 2.18. The summed E-state index contributed by atoms with van der Waals surface area (Å²) in [6.45, 7) is 8.03. The topological polar surface area (TPSA) is 98.2 Å². The van der Waals surface area contributed by atoms with Crippen LogP contribution in [0.1, 0.15) is 69.9 Å². The Bertz CT molecular complexity index is 874. The molecule has 0 radical (unpaired) electrons. The van der Waals surface area contributed by atoms with E-state index in [2.05, 4.69) is 41.6 Å². The van der Waals surface area contributed by atoms with Crippen molar-refractivity contribution in [1.29, 1.82) is 0 Å². The fourth-order valence-electron chi connectivity index (χ4n) is 4.42. The quantitative estimate of drug-likeness (QED) is 0.303. The molecule has 170 valence electrons. The van der Waals surface area contributed by atoms with E-state index in [-0.39, 0.29) is 5.90 Å². The normalized spacial score (nSPS) is 17.6. The average Bonchev–Trinajstić information content (AvgIpc) is 2.75. The predicted octanol–water partition coefficient (Wildman–Crippen LogP) is 4.07. The van der Waals surface area contributed by atoms with E-state index in [0.29, 0.717) is 17.4 Å². The maximum atomic E-state index is 8.43. The van der Waals surface area contributed by atoms with Gasteiger partial charge in [-0.2, -0.15) is 4.99 Å². The first-order valence-corrected chi connectivity index (χ1v) is 11.9. The molecular weight excluding hydrogens is 386 g/mol. The zero-order valence-electron chi connectivity index (χ0n) is 19.4. The van der Waals surface area contributed by atoms with E-state index in [1.807, 2.05) is 12.1 Å². The highest BCUT2D eigenvalue weighted by Crippen LogP contribution is 2.24. The number of rotatable bonds is 10. The third-order valence-corrected chi connectivity index (χ3v) is 6.26. The molecule has 1 aliphatic rings. The van der Waals surface area contributed by atoms with E-state index in [9.17, 15) is 0 Å². The molecule has 6 heteroatoms. The zero-order chi connectivity index (χ0) is 22.2. The second kappa shape index (κ2) is 11.4. The van der Waals surface area contributed by atoms with E-state index in [0.717, 1.165) is 42.8 Å². The molecule has 0 aliphatic heterocycles. The molecule has 0 spiro atoms. The Morgan fingerprint density at radius 3 is 2.74 bits per heavy atom. The number of aromatic nitrogens is 1. The van der Waals surface area contributed by atoms with Gasteiger partial charge in [-0.1, -0.05) is 37.8 Å². The standard InChI is InChI=1S/C25H39N5O/c1-4-21(28-16-19-8-6-5-7-9-19)12-13-27-24-22(25(31)29-18(3)26)15-20-14-17(2)10-11-23(20)30-24/h10-11,14-15,18-19,21,28H,4-9,12-13,16,26H2,1-3H3,(H,27,30)(H,29,31)/p+1. The van der Waals surface area contributed by atoms with E-state index in [4.69, 9.17) is 15.8 Å². The van der Waals surface area contributed by atoms with Crippen LogP contribution in [-0.2, 0) is 0 Å². The number of aliphatic imine (C=N–C) groups is 1. The summed E-state index contributed by atoms with van der Waals surface area (Å²) < 4.78 is 0. The van der Waals surface area contributed by atoms with Gasteiger partial charge in [-0.3, -0.25) is 0 Å². The summed E-state index contributed by atoms with van der Waals surface area (Å²) in [5, 5.41) is 16.7. The highest BCUT2D eigenvalue weighted by atomic mass is 16.3. The van der Waals surface area contributed by atoms with E-state index in [1.54, 1.807) is 6.92 Å². The molecule has 6 N–H and O–H groups in total. The lowest BCUT2D eigenvalue weighted by Gasteiger charge is -2.25. The molecular formula is C25H40N5O+. The van der Waals surface area contributed by atoms with Crippen LogP contribution in [0.4, 0.5) is 5.82 Å². The molecule has 1 aromatic heterocycles. The van der Waals surface area contributed by atoms with Crippen molar-refractivity contribution in [1.82, 2.24) is 10.3 Å². The molecule has 1 saturated carbocycles. The van der Waals surface area contributed by atoms with Crippen LogP contribution in [0.3, 0.4) is 0 Å². The Morgan fingerprint density at radius 1 is 1.26 bits per heavy atom. The van der Waals surface area contributed by atoms with Gasteiger partial charge in [0.1, 0.15) is 17.5 Å². The summed E-state index contributed by atoms with van der Waals surface area (Å²) in [6.07, 6.45) is 8.64. The number of benzene rings is 1. The Kier molecular flexibility index (Phi) is 8.67. The van der Waals surface area contributed by atoms with E-state index < -0.39 is 6.17 Å². The molecule has 2 unspecified atom stereocenters. The number of aryl methyl sites for hydroxylation is 1. The fraction of sp³-hybridized carbons (Fsp3) is 0.600. The smallest absolute Gasteiger partial charge is 0.365 e. The minimum absolute atomic E-state index is 0.177. The van der Waals surface area contributed by atoms with Crippen molar-refractivity contribution >= 4 is 22.6 Å². The molecule has 2 aromatic rings. The van der Waals surface area contributed by atoms with Crippen LogP contribution in [-0.4, -0.2) is 41.3 Å². The molecule has 0 bridgehead atoms. The predicted molar refractivity (Wildman–Crippen MR) is 132 cm³/mol. The molecule has 1 heterocycles. The lowest BCUT2D eigenvalue weighted by Crippen LogP contribution is -2.35. The van der Waals surface area contributed by atoms with Gasteiger partial charge in [-0.05, 0) is 70.2 Å². The van der Waals surface area contributed by atoms with Crippen molar-refractivity contribution in [2.75, 3.05) is 18.4 Å². The maximum Gasteiger partial charge on any atom is 0.365 e. The van der Waals surface area contributed by atoms with Crippen LogP contribution >= 0.6 is 0 Å². The van der Waals surface area contributed by atoms with Crippen molar-refractivity contribution in [2.24, 2.45) is 16.6 Å². The Hall–Kier alpha value is -2.18. The second-order valence-electron chi connectivity index (χ2n) is 9.03. The Balaban J connectivity index is 1.67. The first kappa shape index (κ1) is 23.5. The van der Waals surface area contributed by atoms with Crippen LogP contribution < -0.4 is 16.4 Å². The number of nitrogens with zero attached hydrogens (tertiary/aromatic N) is 2. The minimum atomic E-state index is -0.415. The number of nitrogens with one attached hydrogen (secondary N) is 2. The van der Waals surface area contributed by atoms with Crippen LogP contribution in [0.2, 0.25) is 0 Å². The van der Waals surface area contributed by atoms with Gasteiger partial charge in [0, 0.05) is 18.0 Å². The Morgan fingerprint density at radius 2 is 2.03 bits per heavy atom. The van der Waals surface area contributed by atoms with Gasteiger partial charge in [-0.15, -0.1) is 0 Å². The monoisotopic (exact) mass is 426 g/mol. The SMILES string of the molecule is CCC(CCNc1nc2ccc(C)cc2cc1/C([OH2+])=N/C(C)N)NCC1CCCCC1. The minimum Gasteiger partial charge on any atom is -0.578 e. The molecule has 1 fully saturated rings. The van der Waals surface area contributed by atoms with Crippen molar-refractivity contribution < 1.29 is 5.11 Å². The van der Waals surface area contributed by atoms with Crippen molar-refractivity contribution in [3.8, 4) is 0 Å². The molecule has 2 atom stereocenters. The van der Waals surface area contributed by atoms with Crippen LogP contribution in [0.5, 0.6) is 0 Å². The van der Waals surface area contributed by atoms with Crippen molar-refractivity contribution in [3.63, 3.8) is 0 Å². The zero-order valence-corrected chi connectivity index (χ0v) is 19.4. The lowest BCUT2D eigenvalue weighted by molar-refractivity contribution is 0.321. The van der Waals surface area contributed by atoms with Crippen molar-refractivity contribution in [3.05, 3.63) is 35.4 Å². The van der Waals surface area contributed by atoms with Gasteiger partial charge >= 0.3 is 5.90 Å². The average molecular weight is 427 g/mol. The largest absolute Gasteiger partial charge is 0.578 e. The van der Waals surface area contributed by atoms with Crippen LogP contribution in [0.15, 0.2) is 29.3 Å². The number of hydrogen-bond acceptors (Lipinski definition) is 5. The number of anilines is 1. The third kappa shape index (κ3) is 6.91. The summed E-state index contributed by atoms with van der Waals surface area (Å²) in [4.78, 5) is 9.06. The molecule has 3 rings (SSSR count). The first-order valence-electron chi connectivity index (χ1n) is 11.9.